The van der Waals surface area contributed by atoms with Gasteiger partial charge in [-0.25, -0.2) is 0 Å². The maximum Gasteiger partial charge on any atom is 0.287 e. The second-order valence-electron chi connectivity index (χ2n) is 4.38. The van der Waals surface area contributed by atoms with E-state index in [1.54, 1.807) is 12.1 Å². The van der Waals surface area contributed by atoms with Crippen LogP contribution in [0.15, 0.2) is 29.6 Å². The van der Waals surface area contributed by atoms with Crippen molar-refractivity contribution >= 4 is 45.8 Å². The van der Waals surface area contributed by atoms with Crippen LogP contribution < -0.4 is 5.32 Å². The molecular weight excluding hydrogens is 302 g/mol. The topological polar surface area (TPSA) is 46.2 Å². The molecule has 1 aliphatic heterocycles. The first-order valence-electron chi connectivity index (χ1n) is 5.56. The molecule has 4 rings (SSSR count). The molecule has 1 unspecified atom stereocenters. The van der Waals surface area contributed by atoms with Crippen LogP contribution >= 0.6 is 34.7 Å². The molecule has 94 valence electrons. The van der Waals surface area contributed by atoms with Gasteiger partial charge in [0, 0.05) is 9.90 Å². The Balaban J connectivity index is 2.11. The van der Waals surface area contributed by atoms with E-state index in [1.807, 2.05) is 17.5 Å². The SMILES string of the molecule is O=C1NC(=O)C2(S1)c1cc(Cl)ccc1-c1ccsc12. The number of fused-ring (bicyclic) bond motifs is 5. The summed E-state index contributed by atoms with van der Waals surface area (Å²) in [6.45, 7) is 0. The molecule has 2 heterocycles. The maximum atomic E-state index is 12.4. The molecule has 1 N–H and O–H groups in total. The van der Waals surface area contributed by atoms with Gasteiger partial charge < -0.3 is 0 Å². The Morgan fingerprint density at radius 3 is 2.74 bits per heavy atom. The smallest absolute Gasteiger partial charge is 0.285 e. The van der Waals surface area contributed by atoms with Gasteiger partial charge in [-0.15, -0.1) is 11.3 Å². The number of imide groups is 1. The molecule has 1 aliphatic carbocycles. The molecular formula is C13H6ClNO2S2. The fraction of sp³-hybridized carbons (Fsp3) is 0.0769. The highest BCUT2D eigenvalue weighted by molar-refractivity contribution is 8.16. The van der Waals surface area contributed by atoms with Gasteiger partial charge in [0.25, 0.3) is 11.1 Å². The predicted molar refractivity (Wildman–Crippen MR) is 76.7 cm³/mol. The zero-order valence-electron chi connectivity index (χ0n) is 9.40. The van der Waals surface area contributed by atoms with Crippen molar-refractivity contribution in [3.05, 3.63) is 45.1 Å². The molecule has 2 amide bonds. The Morgan fingerprint density at radius 2 is 2.00 bits per heavy atom. The van der Waals surface area contributed by atoms with Gasteiger partial charge in [-0.05, 0) is 52.0 Å². The standard InChI is InChI=1S/C13H6ClNO2S2/c14-6-1-2-7-8-3-4-18-10(8)13(9(7)5-6)11(16)15-12(17)19-13/h1-5H,(H,15,16,17). The van der Waals surface area contributed by atoms with E-state index in [0.29, 0.717) is 5.02 Å². The van der Waals surface area contributed by atoms with Gasteiger partial charge in [0.2, 0.25) is 0 Å². The summed E-state index contributed by atoms with van der Waals surface area (Å²) in [5.74, 6) is -0.271. The van der Waals surface area contributed by atoms with Crippen molar-refractivity contribution in [1.82, 2.24) is 5.32 Å². The monoisotopic (exact) mass is 307 g/mol. The van der Waals surface area contributed by atoms with Crippen LogP contribution in [-0.2, 0) is 9.54 Å². The highest BCUT2D eigenvalue weighted by Crippen LogP contribution is 2.59. The van der Waals surface area contributed by atoms with Gasteiger partial charge in [-0.1, -0.05) is 17.7 Å². The van der Waals surface area contributed by atoms with Crippen LogP contribution in [-0.4, -0.2) is 11.1 Å². The zero-order chi connectivity index (χ0) is 13.2. The van der Waals surface area contributed by atoms with E-state index in [-0.39, 0.29) is 11.1 Å². The van der Waals surface area contributed by atoms with E-state index >= 15 is 0 Å². The molecule has 0 radical (unpaired) electrons. The van der Waals surface area contributed by atoms with Crippen LogP contribution in [0.4, 0.5) is 4.79 Å². The zero-order valence-corrected chi connectivity index (χ0v) is 11.8. The minimum Gasteiger partial charge on any atom is -0.285 e. The number of nitrogens with one attached hydrogen (secondary N) is 1. The van der Waals surface area contributed by atoms with Crippen LogP contribution in [0.25, 0.3) is 11.1 Å². The van der Waals surface area contributed by atoms with E-state index in [4.69, 9.17) is 11.6 Å². The Morgan fingerprint density at radius 1 is 1.16 bits per heavy atom. The van der Waals surface area contributed by atoms with Crippen molar-refractivity contribution in [1.29, 1.82) is 0 Å². The Kier molecular flexibility index (Phi) is 2.20. The number of thiophene rings is 1. The van der Waals surface area contributed by atoms with Gasteiger partial charge in [-0.2, -0.15) is 0 Å². The molecule has 1 spiro atoms. The molecule has 2 aromatic rings. The molecule has 1 atom stereocenters. The number of rotatable bonds is 0. The lowest BCUT2D eigenvalue weighted by Crippen LogP contribution is -2.33. The third-order valence-electron chi connectivity index (χ3n) is 3.42. The van der Waals surface area contributed by atoms with E-state index < -0.39 is 4.75 Å². The second kappa shape index (κ2) is 3.62. The van der Waals surface area contributed by atoms with Gasteiger partial charge in [0.1, 0.15) is 0 Å². The third kappa shape index (κ3) is 1.30. The van der Waals surface area contributed by atoms with Crippen LogP contribution in [0, 0.1) is 0 Å². The Labute approximate surface area is 122 Å². The first-order valence-corrected chi connectivity index (χ1v) is 7.63. The van der Waals surface area contributed by atoms with Crippen LogP contribution in [0.2, 0.25) is 5.02 Å². The van der Waals surface area contributed by atoms with Gasteiger partial charge in [0.05, 0.1) is 0 Å². The first kappa shape index (κ1) is 11.5. The predicted octanol–water partition coefficient (Wildman–Crippen LogP) is 3.61. The average Bonchev–Trinajstić information content (AvgIpc) is 2.99. The quantitative estimate of drug-likeness (QED) is 0.809. The maximum absolute atomic E-state index is 12.4. The lowest BCUT2D eigenvalue weighted by molar-refractivity contribution is -0.120. The summed E-state index contributed by atoms with van der Waals surface area (Å²) in [4.78, 5) is 24.9. The summed E-state index contributed by atoms with van der Waals surface area (Å²) in [5.41, 5.74) is 2.82. The molecule has 1 aromatic heterocycles. The summed E-state index contributed by atoms with van der Waals surface area (Å²) < 4.78 is -0.944. The summed E-state index contributed by atoms with van der Waals surface area (Å²) in [7, 11) is 0. The number of halogens is 1. The summed E-state index contributed by atoms with van der Waals surface area (Å²) in [6.07, 6.45) is 0. The molecule has 1 saturated heterocycles. The fourth-order valence-corrected chi connectivity index (χ4v) is 5.18. The largest absolute Gasteiger partial charge is 0.287 e. The van der Waals surface area contributed by atoms with Crippen molar-refractivity contribution in [3.8, 4) is 11.1 Å². The van der Waals surface area contributed by atoms with Crippen LogP contribution in [0.1, 0.15) is 10.4 Å². The Bertz CT molecular complexity index is 755. The molecule has 1 fully saturated rings. The number of hydrogen-bond acceptors (Lipinski definition) is 4. The highest BCUT2D eigenvalue weighted by Gasteiger charge is 2.57. The molecule has 6 heteroatoms. The van der Waals surface area contributed by atoms with Crippen molar-refractivity contribution in [2.24, 2.45) is 0 Å². The average molecular weight is 308 g/mol. The lowest BCUT2D eigenvalue weighted by atomic mass is 9.99. The van der Waals surface area contributed by atoms with Gasteiger partial charge in [-0.3, -0.25) is 14.9 Å². The number of amides is 2. The number of carbonyl (C=O) groups excluding carboxylic acids is 2. The van der Waals surface area contributed by atoms with E-state index in [0.717, 1.165) is 33.3 Å². The van der Waals surface area contributed by atoms with Crippen molar-refractivity contribution in [2.45, 2.75) is 4.75 Å². The van der Waals surface area contributed by atoms with Crippen LogP contribution in [0.5, 0.6) is 0 Å². The summed E-state index contributed by atoms with van der Waals surface area (Å²) in [5, 5.41) is 4.60. The second-order valence-corrected chi connectivity index (χ2v) is 6.92. The third-order valence-corrected chi connectivity index (χ3v) is 6.02. The number of thioether (sulfide) groups is 1. The summed E-state index contributed by atoms with van der Waals surface area (Å²) in [6, 6.07) is 7.49. The van der Waals surface area contributed by atoms with Gasteiger partial charge in [0.15, 0.2) is 4.75 Å². The van der Waals surface area contributed by atoms with E-state index in [9.17, 15) is 9.59 Å². The van der Waals surface area contributed by atoms with Crippen molar-refractivity contribution < 1.29 is 9.59 Å². The minimum absolute atomic E-state index is 0.271. The molecule has 2 aliphatic rings. The lowest BCUT2D eigenvalue weighted by Gasteiger charge is -2.19. The summed E-state index contributed by atoms with van der Waals surface area (Å²) >= 11 is 8.59. The highest BCUT2D eigenvalue weighted by atomic mass is 35.5. The molecule has 1 aromatic carbocycles. The number of hydrogen-bond donors (Lipinski definition) is 1. The van der Waals surface area contributed by atoms with Crippen LogP contribution in [0.3, 0.4) is 0 Å². The fourth-order valence-electron chi connectivity index (χ4n) is 2.68. The molecule has 0 saturated carbocycles. The van der Waals surface area contributed by atoms with Crippen molar-refractivity contribution in [3.63, 3.8) is 0 Å². The minimum atomic E-state index is -0.944. The molecule has 3 nitrogen and oxygen atoms in total. The molecule has 19 heavy (non-hydrogen) atoms. The van der Waals surface area contributed by atoms with Crippen molar-refractivity contribution in [2.75, 3.05) is 0 Å². The molecule has 0 bridgehead atoms. The number of carbonyl (C=O) groups is 2. The number of benzene rings is 1. The van der Waals surface area contributed by atoms with E-state index in [1.165, 1.54) is 11.3 Å². The van der Waals surface area contributed by atoms with Gasteiger partial charge >= 0.3 is 0 Å². The normalized spacial score (nSPS) is 23.6. The Hall–Kier alpha value is -1.30. The first-order chi connectivity index (χ1) is 9.13. The van der Waals surface area contributed by atoms with E-state index in [2.05, 4.69) is 5.32 Å².